The summed E-state index contributed by atoms with van der Waals surface area (Å²) in [5.74, 6) is 0.737. The molecule has 2 N–H and O–H groups in total. The van der Waals surface area contributed by atoms with Gasteiger partial charge in [-0.3, -0.25) is 0 Å². The van der Waals surface area contributed by atoms with Crippen molar-refractivity contribution in [2.75, 3.05) is 13.1 Å². The Kier molecular flexibility index (Phi) is 5.28. The van der Waals surface area contributed by atoms with E-state index in [0.717, 1.165) is 27.8 Å². The Morgan fingerprint density at radius 1 is 1.04 bits per heavy atom. The largest absolute Gasteiger partial charge is 0.489 e. The fraction of sp³-hybridized carbons (Fsp3) is 0.263. The summed E-state index contributed by atoms with van der Waals surface area (Å²) in [6.07, 6.45) is -1.84. The van der Waals surface area contributed by atoms with Crippen LogP contribution in [0.4, 0.5) is 13.2 Å². The molecule has 0 amide bonds. The first kappa shape index (κ1) is 17.4. The lowest BCUT2D eigenvalue weighted by molar-refractivity contribution is -0.124. The highest BCUT2D eigenvalue weighted by Crippen LogP contribution is 2.24. The number of halogens is 3. The number of aromatic nitrogens is 1. The van der Waals surface area contributed by atoms with Gasteiger partial charge in [0.25, 0.3) is 0 Å². The van der Waals surface area contributed by atoms with Crippen molar-refractivity contribution in [2.24, 2.45) is 0 Å². The second-order valence-electron chi connectivity index (χ2n) is 5.84. The van der Waals surface area contributed by atoms with E-state index < -0.39 is 12.7 Å². The van der Waals surface area contributed by atoms with E-state index >= 15 is 0 Å². The number of hydrogen-bond donors (Lipinski definition) is 2. The molecule has 1 heterocycles. The first-order valence-electron chi connectivity index (χ1n) is 8.05. The van der Waals surface area contributed by atoms with Crippen LogP contribution in [-0.4, -0.2) is 24.2 Å². The van der Waals surface area contributed by atoms with Crippen LogP contribution in [0.1, 0.15) is 11.1 Å². The van der Waals surface area contributed by atoms with E-state index in [0.29, 0.717) is 13.0 Å². The molecule has 0 spiro atoms. The average molecular weight is 348 g/mol. The second-order valence-corrected chi connectivity index (χ2v) is 5.84. The van der Waals surface area contributed by atoms with Gasteiger partial charge in [-0.25, -0.2) is 0 Å². The summed E-state index contributed by atoms with van der Waals surface area (Å²) in [7, 11) is 0. The molecule has 2 aromatic carbocycles. The minimum Gasteiger partial charge on any atom is -0.489 e. The average Bonchev–Trinajstić information content (AvgIpc) is 2.99. The van der Waals surface area contributed by atoms with E-state index in [1.165, 1.54) is 0 Å². The number of fused-ring (bicyclic) bond motifs is 1. The molecule has 1 aromatic heterocycles. The summed E-state index contributed by atoms with van der Waals surface area (Å²) in [6, 6.07) is 15.6. The van der Waals surface area contributed by atoms with Gasteiger partial charge in [-0.05, 0) is 42.3 Å². The molecule has 0 aliphatic rings. The molecular formula is C19H19F3N2O. The lowest BCUT2D eigenvalue weighted by Gasteiger charge is -2.08. The van der Waals surface area contributed by atoms with Crippen molar-refractivity contribution in [1.29, 1.82) is 0 Å². The van der Waals surface area contributed by atoms with E-state index in [-0.39, 0.29) is 6.54 Å². The number of ether oxygens (including phenoxy) is 1. The highest BCUT2D eigenvalue weighted by Gasteiger charge is 2.25. The summed E-state index contributed by atoms with van der Waals surface area (Å²) in [6.45, 7) is -0.235. The molecule has 0 unspecified atom stereocenters. The predicted molar refractivity (Wildman–Crippen MR) is 91.7 cm³/mol. The van der Waals surface area contributed by atoms with Crippen LogP contribution in [0, 0.1) is 0 Å². The normalized spacial score (nSPS) is 11.8. The van der Waals surface area contributed by atoms with Crippen molar-refractivity contribution in [2.45, 2.75) is 19.2 Å². The Morgan fingerprint density at radius 3 is 2.60 bits per heavy atom. The Balaban J connectivity index is 1.63. The third-order valence-electron chi connectivity index (χ3n) is 3.88. The fourth-order valence-corrected chi connectivity index (χ4v) is 2.65. The molecule has 0 saturated heterocycles. The number of rotatable bonds is 7. The van der Waals surface area contributed by atoms with Crippen LogP contribution in [0.3, 0.4) is 0 Å². The Bertz CT molecular complexity index is 812. The first-order chi connectivity index (χ1) is 12.0. The molecule has 0 bridgehead atoms. The van der Waals surface area contributed by atoms with Gasteiger partial charge in [-0.15, -0.1) is 0 Å². The molecule has 3 rings (SSSR count). The zero-order valence-electron chi connectivity index (χ0n) is 13.6. The topological polar surface area (TPSA) is 37.0 Å². The molecule has 0 saturated carbocycles. The number of benzene rings is 2. The Hall–Kier alpha value is -2.47. The predicted octanol–water partition coefficient (Wildman–Crippen LogP) is 4.44. The minimum absolute atomic E-state index is 0.265. The third kappa shape index (κ3) is 5.00. The number of hydrogen-bond acceptors (Lipinski definition) is 2. The quantitative estimate of drug-likeness (QED) is 0.619. The van der Waals surface area contributed by atoms with Gasteiger partial charge in [-0.2, -0.15) is 13.2 Å². The maximum absolute atomic E-state index is 12.2. The van der Waals surface area contributed by atoms with E-state index in [9.17, 15) is 13.2 Å². The van der Waals surface area contributed by atoms with Crippen LogP contribution >= 0.6 is 0 Å². The lowest BCUT2D eigenvalue weighted by Crippen LogP contribution is -2.30. The number of aromatic amines is 1. The summed E-state index contributed by atoms with van der Waals surface area (Å²) in [5.41, 5.74) is 2.99. The molecular weight excluding hydrogens is 329 g/mol. The van der Waals surface area contributed by atoms with Crippen molar-refractivity contribution in [3.63, 3.8) is 0 Å². The van der Waals surface area contributed by atoms with Crippen LogP contribution in [0.2, 0.25) is 0 Å². The van der Waals surface area contributed by atoms with Crippen molar-refractivity contribution in [1.82, 2.24) is 10.3 Å². The molecule has 0 fully saturated rings. The van der Waals surface area contributed by atoms with Crippen molar-refractivity contribution < 1.29 is 17.9 Å². The van der Waals surface area contributed by atoms with Gasteiger partial charge in [0.2, 0.25) is 0 Å². The highest BCUT2D eigenvalue weighted by atomic mass is 19.4. The van der Waals surface area contributed by atoms with Crippen LogP contribution < -0.4 is 10.1 Å². The monoisotopic (exact) mass is 348 g/mol. The van der Waals surface area contributed by atoms with Gasteiger partial charge in [0.1, 0.15) is 12.4 Å². The van der Waals surface area contributed by atoms with Gasteiger partial charge in [0, 0.05) is 17.1 Å². The Morgan fingerprint density at radius 2 is 1.84 bits per heavy atom. The molecule has 3 aromatic rings. The highest BCUT2D eigenvalue weighted by molar-refractivity contribution is 5.84. The SMILES string of the molecule is FC(F)(F)CNCCc1c[nH]c2ccc(OCc3ccccc3)cc12. The van der Waals surface area contributed by atoms with Crippen LogP contribution in [0.5, 0.6) is 5.75 Å². The maximum Gasteiger partial charge on any atom is 0.401 e. The van der Waals surface area contributed by atoms with E-state index in [2.05, 4.69) is 10.3 Å². The summed E-state index contributed by atoms with van der Waals surface area (Å²) >= 11 is 0. The molecule has 0 atom stereocenters. The maximum atomic E-state index is 12.2. The number of alkyl halides is 3. The zero-order chi connectivity index (χ0) is 17.7. The van der Waals surface area contributed by atoms with E-state index in [4.69, 9.17) is 4.74 Å². The fourth-order valence-electron chi connectivity index (χ4n) is 2.65. The van der Waals surface area contributed by atoms with Crippen LogP contribution in [0.25, 0.3) is 10.9 Å². The van der Waals surface area contributed by atoms with Gasteiger partial charge in [0.05, 0.1) is 6.54 Å². The van der Waals surface area contributed by atoms with Crippen molar-refractivity contribution in [3.8, 4) is 5.75 Å². The molecule has 25 heavy (non-hydrogen) atoms. The smallest absolute Gasteiger partial charge is 0.401 e. The summed E-state index contributed by atoms with van der Waals surface area (Å²) in [4.78, 5) is 3.14. The van der Waals surface area contributed by atoms with Gasteiger partial charge in [-0.1, -0.05) is 30.3 Å². The van der Waals surface area contributed by atoms with Crippen LogP contribution in [-0.2, 0) is 13.0 Å². The van der Waals surface area contributed by atoms with E-state index in [1.807, 2.05) is 54.7 Å². The molecule has 0 radical (unpaired) electrons. The second kappa shape index (κ2) is 7.61. The van der Waals surface area contributed by atoms with Gasteiger partial charge in [0.15, 0.2) is 0 Å². The van der Waals surface area contributed by atoms with Gasteiger partial charge < -0.3 is 15.0 Å². The number of H-pyrrole nitrogens is 1. The van der Waals surface area contributed by atoms with Gasteiger partial charge >= 0.3 is 6.18 Å². The third-order valence-corrected chi connectivity index (χ3v) is 3.88. The molecule has 132 valence electrons. The molecule has 0 aliphatic carbocycles. The number of nitrogens with one attached hydrogen (secondary N) is 2. The molecule has 6 heteroatoms. The van der Waals surface area contributed by atoms with Crippen molar-refractivity contribution in [3.05, 3.63) is 65.9 Å². The Labute approximate surface area is 143 Å². The zero-order valence-corrected chi connectivity index (χ0v) is 13.6. The summed E-state index contributed by atoms with van der Waals surface area (Å²) < 4.78 is 42.3. The summed E-state index contributed by atoms with van der Waals surface area (Å²) in [5, 5.41) is 3.39. The first-order valence-corrected chi connectivity index (χ1v) is 8.05. The van der Waals surface area contributed by atoms with E-state index in [1.54, 1.807) is 0 Å². The standard InChI is InChI=1S/C19H19F3N2O/c20-19(21,22)13-23-9-8-15-11-24-18-7-6-16(10-17(15)18)25-12-14-4-2-1-3-5-14/h1-7,10-11,23-24H,8-9,12-13H2. The van der Waals surface area contributed by atoms with Crippen LogP contribution in [0.15, 0.2) is 54.7 Å². The lowest BCUT2D eigenvalue weighted by atomic mass is 10.1. The molecule has 0 aliphatic heterocycles. The van der Waals surface area contributed by atoms with Crippen molar-refractivity contribution >= 4 is 10.9 Å². The molecule has 3 nitrogen and oxygen atoms in total. The minimum atomic E-state index is -4.18.